The quantitative estimate of drug-likeness (QED) is 0.525. The zero-order valence-corrected chi connectivity index (χ0v) is 16.3. The molecule has 1 atom stereocenters. The minimum Gasteiger partial charge on any atom is -0.485 e. The SMILES string of the molecule is O=C(Cc1cn2ccsc2n1)N/N=C1/CC(c2ccccc2)Oc2ccccc21. The number of nitrogens with one attached hydrogen (secondary N) is 1. The van der Waals surface area contributed by atoms with Crippen molar-refractivity contribution >= 4 is 27.9 Å². The van der Waals surface area contributed by atoms with Crippen LogP contribution < -0.4 is 10.2 Å². The van der Waals surface area contributed by atoms with Gasteiger partial charge in [0.15, 0.2) is 4.96 Å². The molecule has 0 saturated carbocycles. The van der Waals surface area contributed by atoms with Crippen molar-refractivity contribution < 1.29 is 9.53 Å². The van der Waals surface area contributed by atoms with Crippen molar-refractivity contribution in [1.29, 1.82) is 0 Å². The van der Waals surface area contributed by atoms with Gasteiger partial charge in [-0.15, -0.1) is 11.3 Å². The number of nitrogens with zero attached hydrogens (tertiary/aromatic N) is 3. The van der Waals surface area contributed by atoms with Crippen LogP contribution in [0.3, 0.4) is 0 Å². The zero-order valence-electron chi connectivity index (χ0n) is 15.5. The number of hydrogen-bond donors (Lipinski definition) is 1. The summed E-state index contributed by atoms with van der Waals surface area (Å²) in [4.78, 5) is 17.7. The molecule has 1 amide bonds. The number of hydrazone groups is 1. The van der Waals surface area contributed by atoms with Gasteiger partial charge in [0.1, 0.15) is 11.9 Å². The number of hydrogen-bond acceptors (Lipinski definition) is 5. The average Bonchev–Trinajstić information content (AvgIpc) is 3.34. The third-order valence-corrected chi connectivity index (χ3v) is 5.59. The maximum atomic E-state index is 12.4. The van der Waals surface area contributed by atoms with E-state index in [9.17, 15) is 4.79 Å². The van der Waals surface area contributed by atoms with Gasteiger partial charge < -0.3 is 4.74 Å². The minimum absolute atomic E-state index is 0.137. The summed E-state index contributed by atoms with van der Waals surface area (Å²) in [5.41, 5.74) is 6.22. The second kappa shape index (κ2) is 7.52. The lowest BCUT2D eigenvalue weighted by Crippen LogP contribution is -2.26. The summed E-state index contributed by atoms with van der Waals surface area (Å²) in [6, 6.07) is 17.8. The number of carbonyl (C=O) groups excluding carboxylic acids is 1. The third kappa shape index (κ3) is 3.64. The molecule has 0 spiro atoms. The van der Waals surface area contributed by atoms with Crippen LogP contribution in [-0.4, -0.2) is 21.0 Å². The molecule has 29 heavy (non-hydrogen) atoms. The molecule has 144 valence electrons. The Hall–Kier alpha value is -3.45. The van der Waals surface area contributed by atoms with Crippen LogP contribution in [0.25, 0.3) is 4.96 Å². The largest absolute Gasteiger partial charge is 0.485 e. The van der Waals surface area contributed by atoms with E-state index in [2.05, 4.69) is 15.5 Å². The molecular weight excluding hydrogens is 384 g/mol. The van der Waals surface area contributed by atoms with Crippen molar-refractivity contribution in [3.05, 3.63) is 89.2 Å². The number of aromatic nitrogens is 2. The van der Waals surface area contributed by atoms with E-state index in [1.165, 1.54) is 0 Å². The summed E-state index contributed by atoms with van der Waals surface area (Å²) in [5, 5.41) is 6.41. The number of fused-ring (bicyclic) bond motifs is 2. The lowest BCUT2D eigenvalue weighted by Gasteiger charge is -2.27. The first-order valence-electron chi connectivity index (χ1n) is 9.34. The molecule has 0 bridgehead atoms. The van der Waals surface area contributed by atoms with Crippen LogP contribution in [-0.2, 0) is 11.2 Å². The Bertz CT molecular complexity index is 1170. The van der Waals surface area contributed by atoms with Gasteiger partial charge in [-0.3, -0.25) is 9.20 Å². The first-order chi connectivity index (χ1) is 14.3. The number of para-hydroxylation sites is 1. The van der Waals surface area contributed by atoms with Crippen LogP contribution in [0, 0.1) is 0 Å². The fourth-order valence-electron chi connectivity index (χ4n) is 3.44. The van der Waals surface area contributed by atoms with Gasteiger partial charge in [-0.2, -0.15) is 5.10 Å². The molecule has 1 N–H and O–H groups in total. The van der Waals surface area contributed by atoms with Crippen molar-refractivity contribution in [1.82, 2.24) is 14.8 Å². The Labute approximate surface area is 171 Å². The summed E-state index contributed by atoms with van der Waals surface area (Å²) in [7, 11) is 0. The van der Waals surface area contributed by atoms with E-state index < -0.39 is 0 Å². The molecule has 3 heterocycles. The third-order valence-electron chi connectivity index (χ3n) is 4.82. The highest BCUT2D eigenvalue weighted by atomic mass is 32.1. The second-order valence-corrected chi connectivity index (χ2v) is 7.69. The molecule has 1 aliphatic rings. The summed E-state index contributed by atoms with van der Waals surface area (Å²) in [6.45, 7) is 0. The van der Waals surface area contributed by atoms with E-state index in [1.54, 1.807) is 11.3 Å². The van der Waals surface area contributed by atoms with Crippen LogP contribution in [0.1, 0.15) is 29.3 Å². The lowest BCUT2D eigenvalue weighted by atomic mass is 9.96. The number of amides is 1. The molecule has 2 aromatic carbocycles. The molecule has 6 nitrogen and oxygen atoms in total. The monoisotopic (exact) mass is 402 g/mol. The number of ether oxygens (including phenoxy) is 1. The first-order valence-corrected chi connectivity index (χ1v) is 10.2. The Kier molecular flexibility index (Phi) is 4.57. The van der Waals surface area contributed by atoms with Crippen LogP contribution in [0.4, 0.5) is 0 Å². The highest BCUT2D eigenvalue weighted by Gasteiger charge is 2.26. The summed E-state index contributed by atoms with van der Waals surface area (Å²) >= 11 is 1.54. The summed E-state index contributed by atoms with van der Waals surface area (Å²) in [5.74, 6) is 0.582. The van der Waals surface area contributed by atoms with Crippen molar-refractivity contribution in [2.45, 2.75) is 18.9 Å². The van der Waals surface area contributed by atoms with Crippen LogP contribution in [0.2, 0.25) is 0 Å². The standard InChI is InChI=1S/C22H18N4O2S/c27-21(12-16-14-26-10-11-29-22(26)23-16)25-24-18-13-20(15-6-2-1-3-7-15)28-19-9-5-4-8-17(18)19/h1-11,14,20H,12-13H2,(H,25,27)/b24-18-. The predicted molar refractivity (Wildman–Crippen MR) is 112 cm³/mol. The van der Waals surface area contributed by atoms with Crippen LogP contribution in [0.15, 0.2) is 77.5 Å². The average molecular weight is 402 g/mol. The highest BCUT2D eigenvalue weighted by Crippen LogP contribution is 2.34. The Morgan fingerprint density at radius 1 is 1.21 bits per heavy atom. The Morgan fingerprint density at radius 3 is 2.90 bits per heavy atom. The molecule has 7 heteroatoms. The summed E-state index contributed by atoms with van der Waals surface area (Å²) < 4.78 is 8.09. The van der Waals surface area contributed by atoms with Gasteiger partial charge in [-0.25, -0.2) is 10.4 Å². The molecule has 4 aromatic rings. The molecule has 0 radical (unpaired) electrons. The Morgan fingerprint density at radius 2 is 2.03 bits per heavy atom. The van der Waals surface area contributed by atoms with E-state index in [1.807, 2.05) is 76.8 Å². The van der Waals surface area contributed by atoms with Gasteiger partial charge in [-0.1, -0.05) is 42.5 Å². The Balaban J connectivity index is 1.35. The fourth-order valence-corrected chi connectivity index (χ4v) is 4.16. The number of benzene rings is 2. The molecule has 0 aliphatic carbocycles. The molecule has 0 saturated heterocycles. The molecule has 0 fully saturated rings. The normalized spacial score (nSPS) is 17.1. The number of imidazole rings is 1. The second-order valence-electron chi connectivity index (χ2n) is 6.81. The number of rotatable bonds is 4. The van der Waals surface area contributed by atoms with Gasteiger partial charge in [0.05, 0.1) is 17.8 Å². The fraction of sp³-hybridized carbons (Fsp3) is 0.136. The van der Waals surface area contributed by atoms with Crippen molar-refractivity contribution in [3.63, 3.8) is 0 Å². The van der Waals surface area contributed by atoms with Gasteiger partial charge in [-0.05, 0) is 17.7 Å². The topological polar surface area (TPSA) is 68.0 Å². The molecule has 5 rings (SSSR count). The van der Waals surface area contributed by atoms with Crippen molar-refractivity contribution in [2.75, 3.05) is 0 Å². The van der Waals surface area contributed by atoms with E-state index >= 15 is 0 Å². The smallest absolute Gasteiger partial charge is 0.246 e. The lowest BCUT2D eigenvalue weighted by molar-refractivity contribution is -0.120. The number of thiazole rings is 1. The van der Waals surface area contributed by atoms with Crippen LogP contribution >= 0.6 is 11.3 Å². The van der Waals surface area contributed by atoms with Crippen LogP contribution in [0.5, 0.6) is 5.75 Å². The minimum atomic E-state index is -0.191. The van der Waals surface area contributed by atoms with E-state index in [-0.39, 0.29) is 18.4 Å². The van der Waals surface area contributed by atoms with Crippen molar-refractivity contribution in [3.8, 4) is 5.75 Å². The maximum absolute atomic E-state index is 12.4. The van der Waals surface area contributed by atoms with E-state index in [0.717, 1.165) is 33.2 Å². The van der Waals surface area contributed by atoms with E-state index in [4.69, 9.17) is 4.74 Å². The zero-order chi connectivity index (χ0) is 19.6. The maximum Gasteiger partial charge on any atom is 0.246 e. The molecule has 2 aromatic heterocycles. The van der Waals surface area contributed by atoms with Gasteiger partial charge >= 0.3 is 0 Å². The number of carbonyl (C=O) groups is 1. The van der Waals surface area contributed by atoms with Gasteiger partial charge in [0.2, 0.25) is 5.91 Å². The van der Waals surface area contributed by atoms with Gasteiger partial charge in [0, 0.05) is 29.8 Å². The first kappa shape index (κ1) is 17.6. The molecule has 1 aliphatic heterocycles. The highest BCUT2D eigenvalue weighted by molar-refractivity contribution is 7.15. The van der Waals surface area contributed by atoms with Gasteiger partial charge in [0.25, 0.3) is 0 Å². The van der Waals surface area contributed by atoms with E-state index in [0.29, 0.717) is 6.42 Å². The molecular formula is C22H18N4O2S. The predicted octanol–water partition coefficient (Wildman–Crippen LogP) is 3.98. The summed E-state index contributed by atoms with van der Waals surface area (Å²) in [6.07, 6.45) is 4.43. The van der Waals surface area contributed by atoms with Crippen molar-refractivity contribution in [2.24, 2.45) is 5.10 Å². The molecule has 1 unspecified atom stereocenters.